The normalized spacial score (nSPS) is 15.1. The molecular formula is C11H9NO5. The lowest BCUT2D eigenvalue weighted by atomic mass is 9.96. The quantitative estimate of drug-likeness (QED) is 0.538. The first kappa shape index (κ1) is 11.1. The number of Topliss-reactive ketones (excluding diaryl/α,β-unsaturated/α-hetero) is 1. The second kappa shape index (κ2) is 3.58. The Kier molecular flexibility index (Phi) is 2.35. The molecule has 6 heteroatoms. The minimum absolute atomic E-state index is 0.0548. The molecule has 2 N–H and O–H groups in total. The largest absolute Gasteiger partial charge is 0.508 e. The summed E-state index contributed by atoms with van der Waals surface area (Å²) in [6.45, 7) is 1.61. The molecule has 1 aliphatic rings. The number of fused-ring (bicyclic) bond motifs is 1. The molecular weight excluding hydrogens is 226 g/mol. The zero-order valence-corrected chi connectivity index (χ0v) is 8.93. The summed E-state index contributed by atoms with van der Waals surface area (Å²) in [6.07, 6.45) is 0. The number of phenolic OH excluding ortho intramolecular Hbond substituents is 2. The highest BCUT2D eigenvalue weighted by atomic mass is 16.3. The van der Waals surface area contributed by atoms with Gasteiger partial charge in [0.2, 0.25) is 0 Å². The van der Waals surface area contributed by atoms with Gasteiger partial charge in [-0.25, -0.2) is 0 Å². The van der Waals surface area contributed by atoms with Gasteiger partial charge in [-0.2, -0.15) is 0 Å². The molecule has 1 aliphatic heterocycles. The van der Waals surface area contributed by atoms with Gasteiger partial charge in [-0.3, -0.25) is 19.3 Å². The number of benzene rings is 1. The number of likely N-dealkylation sites (N-methyl/N-ethyl adjacent to an activating group) is 1. The summed E-state index contributed by atoms with van der Waals surface area (Å²) >= 11 is 0. The number of carbonyl (C=O) groups excluding carboxylic acids is 3. The maximum atomic E-state index is 11.8. The summed E-state index contributed by atoms with van der Waals surface area (Å²) in [7, 11) is 0. The van der Waals surface area contributed by atoms with Crippen molar-refractivity contribution in [3.63, 3.8) is 0 Å². The van der Waals surface area contributed by atoms with Crippen LogP contribution in [0.3, 0.4) is 0 Å². The number of imide groups is 1. The van der Waals surface area contributed by atoms with Crippen molar-refractivity contribution in [2.45, 2.75) is 6.92 Å². The van der Waals surface area contributed by atoms with Crippen molar-refractivity contribution in [3.05, 3.63) is 23.3 Å². The summed E-state index contributed by atoms with van der Waals surface area (Å²) in [6, 6.07) is 1.98. The molecule has 1 aromatic carbocycles. The summed E-state index contributed by atoms with van der Waals surface area (Å²) in [4.78, 5) is 35.8. The average Bonchev–Trinajstić information content (AvgIpc) is 2.26. The smallest absolute Gasteiger partial charge is 0.301 e. The molecule has 0 radical (unpaired) electrons. The van der Waals surface area contributed by atoms with E-state index in [1.807, 2.05) is 0 Å². The molecule has 0 aromatic heterocycles. The first-order valence-electron chi connectivity index (χ1n) is 4.93. The van der Waals surface area contributed by atoms with Crippen molar-refractivity contribution in [1.82, 2.24) is 4.90 Å². The first-order valence-corrected chi connectivity index (χ1v) is 4.93. The second-order valence-corrected chi connectivity index (χ2v) is 3.57. The number of rotatable bonds is 1. The molecule has 0 fully saturated rings. The van der Waals surface area contributed by atoms with Crippen LogP contribution in [0.5, 0.6) is 11.5 Å². The van der Waals surface area contributed by atoms with Gasteiger partial charge in [0.15, 0.2) is 0 Å². The van der Waals surface area contributed by atoms with E-state index in [1.54, 1.807) is 6.92 Å². The summed E-state index contributed by atoms with van der Waals surface area (Å²) < 4.78 is 0. The molecule has 88 valence electrons. The van der Waals surface area contributed by atoms with Crippen molar-refractivity contribution in [1.29, 1.82) is 0 Å². The average molecular weight is 235 g/mol. The molecule has 2 amide bonds. The molecule has 0 spiro atoms. The fourth-order valence-corrected chi connectivity index (χ4v) is 1.77. The molecule has 1 heterocycles. The van der Waals surface area contributed by atoms with Crippen LogP contribution in [-0.2, 0) is 4.79 Å². The molecule has 0 aliphatic carbocycles. The first-order chi connectivity index (χ1) is 7.97. The van der Waals surface area contributed by atoms with E-state index < -0.39 is 23.3 Å². The fraction of sp³-hybridized carbons (Fsp3) is 0.182. The van der Waals surface area contributed by atoms with Crippen molar-refractivity contribution >= 4 is 17.6 Å². The Hall–Kier alpha value is -2.37. The number of carbonyl (C=O) groups is 3. The monoisotopic (exact) mass is 235 g/mol. The Bertz CT molecular complexity index is 549. The number of hydrogen-bond donors (Lipinski definition) is 2. The van der Waals surface area contributed by atoms with Gasteiger partial charge in [-0.1, -0.05) is 0 Å². The Morgan fingerprint density at radius 3 is 2.35 bits per heavy atom. The van der Waals surface area contributed by atoms with E-state index in [9.17, 15) is 24.6 Å². The van der Waals surface area contributed by atoms with Crippen LogP contribution in [0.1, 0.15) is 27.6 Å². The van der Waals surface area contributed by atoms with E-state index in [1.165, 1.54) is 0 Å². The Morgan fingerprint density at radius 2 is 1.76 bits per heavy atom. The van der Waals surface area contributed by atoms with Crippen molar-refractivity contribution < 1.29 is 24.6 Å². The van der Waals surface area contributed by atoms with Crippen LogP contribution in [0.15, 0.2) is 12.1 Å². The number of hydrogen-bond acceptors (Lipinski definition) is 5. The van der Waals surface area contributed by atoms with Crippen LogP contribution in [0.4, 0.5) is 0 Å². The molecule has 0 bridgehead atoms. The Balaban J connectivity index is 2.73. The lowest BCUT2D eigenvalue weighted by Crippen LogP contribution is -2.45. The predicted octanol–water partition coefficient (Wildman–Crippen LogP) is 0.283. The Labute approximate surface area is 96.1 Å². The molecule has 0 atom stereocenters. The molecule has 0 unspecified atom stereocenters. The zero-order chi connectivity index (χ0) is 12.7. The van der Waals surface area contributed by atoms with E-state index in [0.29, 0.717) is 0 Å². The topological polar surface area (TPSA) is 94.9 Å². The van der Waals surface area contributed by atoms with Gasteiger partial charge in [-0.05, 0) is 13.0 Å². The molecule has 17 heavy (non-hydrogen) atoms. The lowest BCUT2D eigenvalue weighted by Gasteiger charge is -2.24. The molecule has 1 aromatic rings. The van der Waals surface area contributed by atoms with Gasteiger partial charge >= 0.3 is 5.91 Å². The van der Waals surface area contributed by atoms with Crippen LogP contribution in [0, 0.1) is 0 Å². The second-order valence-electron chi connectivity index (χ2n) is 3.57. The van der Waals surface area contributed by atoms with Gasteiger partial charge in [0.25, 0.3) is 11.7 Å². The molecule has 0 saturated heterocycles. The highest BCUT2D eigenvalue weighted by Gasteiger charge is 2.39. The lowest BCUT2D eigenvalue weighted by molar-refractivity contribution is -0.124. The maximum Gasteiger partial charge on any atom is 0.301 e. The molecule has 0 saturated carbocycles. The molecule has 2 rings (SSSR count). The van der Waals surface area contributed by atoms with Gasteiger partial charge in [-0.15, -0.1) is 0 Å². The number of ketones is 1. The minimum Gasteiger partial charge on any atom is -0.508 e. The van der Waals surface area contributed by atoms with E-state index in [4.69, 9.17) is 0 Å². The van der Waals surface area contributed by atoms with Gasteiger partial charge in [0.05, 0.1) is 11.1 Å². The van der Waals surface area contributed by atoms with Crippen molar-refractivity contribution in [2.24, 2.45) is 0 Å². The predicted molar refractivity (Wildman–Crippen MR) is 55.8 cm³/mol. The third-order valence-corrected chi connectivity index (χ3v) is 2.56. The number of aromatic hydroxyl groups is 2. The van der Waals surface area contributed by atoms with Crippen LogP contribution < -0.4 is 0 Å². The minimum atomic E-state index is -0.967. The SMILES string of the molecule is CCN1C(=O)C(=O)c2c(O)cc(O)cc2C1=O. The highest BCUT2D eigenvalue weighted by molar-refractivity contribution is 6.49. The summed E-state index contributed by atoms with van der Waals surface area (Å²) in [5.41, 5.74) is -0.503. The zero-order valence-electron chi connectivity index (χ0n) is 8.93. The van der Waals surface area contributed by atoms with Gasteiger partial charge < -0.3 is 10.2 Å². The fourth-order valence-electron chi connectivity index (χ4n) is 1.77. The van der Waals surface area contributed by atoms with Crippen LogP contribution in [0.25, 0.3) is 0 Å². The van der Waals surface area contributed by atoms with Gasteiger partial charge in [0.1, 0.15) is 11.5 Å². The van der Waals surface area contributed by atoms with Gasteiger partial charge in [0, 0.05) is 12.6 Å². The van der Waals surface area contributed by atoms with E-state index in [2.05, 4.69) is 0 Å². The number of amides is 2. The summed E-state index contributed by atoms with van der Waals surface area (Å²) in [5, 5.41) is 18.8. The molecule has 6 nitrogen and oxygen atoms in total. The van der Waals surface area contributed by atoms with Crippen LogP contribution >= 0.6 is 0 Å². The van der Waals surface area contributed by atoms with E-state index in [-0.39, 0.29) is 23.4 Å². The maximum absolute atomic E-state index is 11.8. The van der Waals surface area contributed by atoms with E-state index >= 15 is 0 Å². The third kappa shape index (κ3) is 1.45. The van der Waals surface area contributed by atoms with Crippen molar-refractivity contribution in [3.8, 4) is 11.5 Å². The van der Waals surface area contributed by atoms with Crippen molar-refractivity contribution in [2.75, 3.05) is 6.54 Å². The van der Waals surface area contributed by atoms with Crippen LogP contribution in [-0.4, -0.2) is 39.3 Å². The highest BCUT2D eigenvalue weighted by Crippen LogP contribution is 2.31. The number of nitrogens with zero attached hydrogens (tertiary/aromatic N) is 1. The summed E-state index contributed by atoms with van der Waals surface area (Å²) in [5.74, 6) is -3.52. The van der Waals surface area contributed by atoms with E-state index in [0.717, 1.165) is 17.0 Å². The number of phenols is 2. The Morgan fingerprint density at radius 1 is 1.12 bits per heavy atom. The van der Waals surface area contributed by atoms with Crippen LogP contribution in [0.2, 0.25) is 0 Å². The third-order valence-electron chi connectivity index (χ3n) is 2.56. The standard InChI is InChI=1S/C11H9NO5/c1-2-12-10(16)6-3-5(13)4-7(14)8(6)9(15)11(12)17/h3-4,13-14H,2H2,1H3.